The van der Waals surface area contributed by atoms with Crippen molar-refractivity contribution in [2.45, 2.75) is 31.7 Å². The van der Waals surface area contributed by atoms with Gasteiger partial charge in [0.1, 0.15) is 17.6 Å². The Morgan fingerprint density at radius 1 is 1.45 bits per heavy atom. The second-order valence-corrected chi connectivity index (χ2v) is 5.20. The van der Waals surface area contributed by atoms with Crippen molar-refractivity contribution in [1.82, 2.24) is 4.90 Å². The van der Waals surface area contributed by atoms with Crippen LogP contribution in [0.4, 0.5) is 4.79 Å². The lowest BCUT2D eigenvalue weighted by molar-refractivity contribution is -0.0466. The van der Waals surface area contributed by atoms with Crippen LogP contribution in [0.3, 0.4) is 0 Å². The van der Waals surface area contributed by atoms with E-state index in [-0.39, 0.29) is 6.61 Å². The summed E-state index contributed by atoms with van der Waals surface area (Å²) in [6, 6.07) is 6.26. The van der Waals surface area contributed by atoms with E-state index < -0.39 is 24.0 Å². The van der Waals surface area contributed by atoms with Gasteiger partial charge in [0.05, 0.1) is 19.8 Å². The lowest BCUT2D eigenvalue weighted by Crippen LogP contribution is -2.49. The SMILES string of the molecule is COc1ccc([C@@H](O)C2COC(C)(C)N2C(=O)O)cc1. The highest BCUT2D eigenvalue weighted by Crippen LogP contribution is 2.34. The summed E-state index contributed by atoms with van der Waals surface area (Å²) in [5, 5.41) is 19.7. The molecule has 1 aliphatic heterocycles. The van der Waals surface area contributed by atoms with Crippen LogP contribution in [0.2, 0.25) is 0 Å². The normalized spacial score (nSPS) is 22.6. The summed E-state index contributed by atoms with van der Waals surface area (Å²) in [7, 11) is 1.56. The number of methoxy groups -OCH3 is 1. The molecule has 20 heavy (non-hydrogen) atoms. The van der Waals surface area contributed by atoms with E-state index in [1.165, 1.54) is 0 Å². The number of hydrogen-bond acceptors (Lipinski definition) is 4. The zero-order chi connectivity index (χ0) is 14.9. The van der Waals surface area contributed by atoms with Crippen molar-refractivity contribution in [1.29, 1.82) is 0 Å². The zero-order valence-corrected chi connectivity index (χ0v) is 11.7. The van der Waals surface area contributed by atoms with Gasteiger partial charge in [0.2, 0.25) is 0 Å². The molecule has 0 bridgehead atoms. The van der Waals surface area contributed by atoms with E-state index in [0.717, 1.165) is 4.90 Å². The highest BCUT2D eigenvalue weighted by molar-refractivity contribution is 5.67. The minimum Gasteiger partial charge on any atom is -0.497 e. The van der Waals surface area contributed by atoms with Gasteiger partial charge < -0.3 is 19.7 Å². The molecule has 0 saturated carbocycles. The highest BCUT2D eigenvalue weighted by atomic mass is 16.5. The maximum atomic E-state index is 11.4. The molecule has 1 aromatic rings. The summed E-state index contributed by atoms with van der Waals surface area (Å²) in [4.78, 5) is 12.5. The minimum atomic E-state index is -1.11. The van der Waals surface area contributed by atoms with E-state index in [2.05, 4.69) is 0 Å². The second kappa shape index (κ2) is 5.30. The summed E-state index contributed by atoms with van der Waals surface area (Å²) < 4.78 is 10.5. The minimum absolute atomic E-state index is 0.159. The maximum Gasteiger partial charge on any atom is 0.410 e. The molecular weight excluding hydrogens is 262 g/mol. The summed E-state index contributed by atoms with van der Waals surface area (Å²) in [6.07, 6.45) is -2.05. The van der Waals surface area contributed by atoms with Gasteiger partial charge in [-0.05, 0) is 31.5 Å². The van der Waals surface area contributed by atoms with Gasteiger partial charge >= 0.3 is 6.09 Å². The number of hydrogen-bond donors (Lipinski definition) is 2. The zero-order valence-electron chi connectivity index (χ0n) is 11.7. The van der Waals surface area contributed by atoms with Crippen LogP contribution in [0, 0.1) is 0 Å². The molecule has 1 fully saturated rings. The average Bonchev–Trinajstić information content (AvgIpc) is 2.73. The van der Waals surface area contributed by atoms with Gasteiger partial charge in [0.15, 0.2) is 0 Å². The first-order valence-corrected chi connectivity index (χ1v) is 6.35. The summed E-state index contributed by atoms with van der Waals surface area (Å²) in [5.41, 5.74) is -0.312. The molecule has 1 saturated heterocycles. The van der Waals surface area contributed by atoms with E-state index in [9.17, 15) is 15.0 Å². The topological polar surface area (TPSA) is 79.2 Å². The third kappa shape index (κ3) is 2.57. The van der Waals surface area contributed by atoms with Crippen LogP contribution < -0.4 is 4.74 Å². The van der Waals surface area contributed by atoms with E-state index >= 15 is 0 Å². The van der Waals surface area contributed by atoms with Gasteiger partial charge in [-0.1, -0.05) is 12.1 Å². The summed E-state index contributed by atoms with van der Waals surface area (Å²) in [6.45, 7) is 3.50. The van der Waals surface area contributed by atoms with E-state index in [1.54, 1.807) is 45.2 Å². The lowest BCUT2D eigenvalue weighted by Gasteiger charge is -2.33. The monoisotopic (exact) mass is 281 g/mol. The molecule has 110 valence electrons. The predicted octanol–water partition coefficient (Wildman–Crippen LogP) is 1.84. The quantitative estimate of drug-likeness (QED) is 0.883. The smallest absolute Gasteiger partial charge is 0.410 e. The Balaban J connectivity index is 2.23. The molecule has 2 N–H and O–H groups in total. The van der Waals surface area contributed by atoms with Gasteiger partial charge in [0.25, 0.3) is 0 Å². The molecule has 0 radical (unpaired) electrons. The van der Waals surface area contributed by atoms with Crippen molar-refractivity contribution >= 4 is 6.09 Å². The molecule has 6 nitrogen and oxygen atoms in total. The highest BCUT2D eigenvalue weighted by Gasteiger charge is 2.47. The van der Waals surface area contributed by atoms with E-state index in [0.29, 0.717) is 11.3 Å². The van der Waals surface area contributed by atoms with Crippen LogP contribution in [-0.4, -0.2) is 46.7 Å². The summed E-state index contributed by atoms with van der Waals surface area (Å²) in [5.74, 6) is 0.680. The van der Waals surface area contributed by atoms with Crippen molar-refractivity contribution in [3.05, 3.63) is 29.8 Å². The molecule has 2 atom stereocenters. The molecule has 1 unspecified atom stereocenters. The molecular formula is C14H19NO5. The number of aliphatic hydroxyl groups excluding tert-OH is 1. The molecule has 0 aliphatic carbocycles. The molecule has 2 rings (SSSR count). The van der Waals surface area contributed by atoms with Crippen LogP contribution in [0.1, 0.15) is 25.5 Å². The van der Waals surface area contributed by atoms with Crippen molar-refractivity contribution in [2.24, 2.45) is 0 Å². The number of rotatable bonds is 3. The number of nitrogens with zero attached hydrogens (tertiary/aromatic N) is 1. The Labute approximate surface area is 117 Å². The third-order valence-corrected chi connectivity index (χ3v) is 3.55. The Hall–Kier alpha value is -1.79. The second-order valence-electron chi connectivity index (χ2n) is 5.20. The number of amides is 1. The first-order valence-electron chi connectivity index (χ1n) is 6.35. The first-order chi connectivity index (χ1) is 9.36. The number of ether oxygens (including phenoxy) is 2. The van der Waals surface area contributed by atoms with Crippen LogP contribution in [0.5, 0.6) is 5.75 Å². The Kier molecular flexibility index (Phi) is 3.87. The maximum absolute atomic E-state index is 11.4. The van der Waals surface area contributed by atoms with Gasteiger partial charge in [-0.3, -0.25) is 4.90 Å². The molecule has 0 aromatic heterocycles. The van der Waals surface area contributed by atoms with Gasteiger partial charge in [-0.25, -0.2) is 4.79 Å². The fourth-order valence-electron chi connectivity index (χ4n) is 2.46. The Morgan fingerprint density at radius 3 is 2.55 bits per heavy atom. The number of carboxylic acid groups (broad SMARTS) is 1. The van der Waals surface area contributed by atoms with E-state index in [1.807, 2.05) is 0 Å². The molecule has 1 amide bonds. The molecule has 0 spiro atoms. The number of benzene rings is 1. The largest absolute Gasteiger partial charge is 0.497 e. The fourth-order valence-corrected chi connectivity index (χ4v) is 2.46. The van der Waals surface area contributed by atoms with Crippen LogP contribution in [0.25, 0.3) is 0 Å². The van der Waals surface area contributed by atoms with Crippen molar-refractivity contribution in [3.8, 4) is 5.75 Å². The van der Waals surface area contributed by atoms with Crippen LogP contribution in [0.15, 0.2) is 24.3 Å². The molecule has 1 aliphatic rings. The van der Waals surface area contributed by atoms with Crippen molar-refractivity contribution in [2.75, 3.05) is 13.7 Å². The van der Waals surface area contributed by atoms with E-state index in [4.69, 9.17) is 9.47 Å². The molecule has 1 heterocycles. The van der Waals surface area contributed by atoms with Gasteiger partial charge in [-0.15, -0.1) is 0 Å². The molecule has 1 aromatic carbocycles. The number of aliphatic hydroxyl groups is 1. The molecule has 6 heteroatoms. The van der Waals surface area contributed by atoms with Crippen molar-refractivity contribution in [3.63, 3.8) is 0 Å². The van der Waals surface area contributed by atoms with Gasteiger partial charge in [-0.2, -0.15) is 0 Å². The van der Waals surface area contributed by atoms with Crippen molar-refractivity contribution < 1.29 is 24.5 Å². The van der Waals surface area contributed by atoms with Crippen LogP contribution in [-0.2, 0) is 4.74 Å². The Morgan fingerprint density at radius 2 is 2.05 bits per heavy atom. The summed E-state index contributed by atoms with van der Waals surface area (Å²) >= 11 is 0. The standard InChI is InChI=1S/C14H19NO5/c1-14(2)15(13(17)18)11(8-20-14)12(16)9-4-6-10(19-3)7-5-9/h4-7,11-12,16H,8H2,1-3H3,(H,17,18)/t11?,12-/m1/s1. The predicted molar refractivity (Wildman–Crippen MR) is 71.6 cm³/mol. The average molecular weight is 281 g/mol. The number of carbonyl (C=O) groups is 1. The first kappa shape index (κ1) is 14.6. The van der Waals surface area contributed by atoms with Crippen LogP contribution >= 0.6 is 0 Å². The Bertz CT molecular complexity index is 485. The lowest BCUT2D eigenvalue weighted by atomic mass is 10.0. The fraction of sp³-hybridized carbons (Fsp3) is 0.500. The van der Waals surface area contributed by atoms with Gasteiger partial charge in [0, 0.05) is 0 Å². The third-order valence-electron chi connectivity index (χ3n) is 3.55.